The molecule has 0 amide bonds. The molecule has 112 valence electrons. The van der Waals surface area contributed by atoms with Crippen molar-refractivity contribution >= 4 is 22.5 Å². The summed E-state index contributed by atoms with van der Waals surface area (Å²) in [6, 6.07) is 3.70. The lowest BCUT2D eigenvalue weighted by Gasteiger charge is -2.40. The van der Waals surface area contributed by atoms with E-state index in [4.69, 9.17) is 10.2 Å². The molecule has 1 aromatic carbocycles. The lowest BCUT2D eigenvalue weighted by molar-refractivity contribution is 0.226. The number of nitrogens with one attached hydrogen (secondary N) is 1. The summed E-state index contributed by atoms with van der Waals surface area (Å²) in [5.74, 6) is -0.426. The highest BCUT2D eigenvalue weighted by atomic mass is 16.4. The van der Waals surface area contributed by atoms with Gasteiger partial charge in [-0.1, -0.05) is 12.8 Å². The summed E-state index contributed by atoms with van der Waals surface area (Å²) in [4.78, 5) is 16.3. The van der Waals surface area contributed by atoms with Crippen LogP contribution in [0.2, 0.25) is 0 Å². The fourth-order valence-electron chi connectivity index (χ4n) is 4.12. The van der Waals surface area contributed by atoms with Gasteiger partial charge in [0.05, 0.1) is 16.9 Å². The van der Waals surface area contributed by atoms with Gasteiger partial charge in [-0.25, -0.2) is 4.79 Å². The fraction of sp³-hybridized carbons (Fsp3) is 0.562. The highest BCUT2D eigenvalue weighted by molar-refractivity contribution is 5.85. The maximum absolute atomic E-state index is 11.3. The molecule has 1 aliphatic carbocycles. The summed E-state index contributed by atoms with van der Waals surface area (Å²) < 4.78 is 5.06. The Morgan fingerprint density at radius 1 is 1.14 bits per heavy atom. The van der Waals surface area contributed by atoms with Crippen molar-refractivity contribution in [3.8, 4) is 0 Å². The molecular formula is C16H21N3O2. The summed E-state index contributed by atoms with van der Waals surface area (Å²) in [5.41, 5.74) is 9.72. The van der Waals surface area contributed by atoms with Crippen molar-refractivity contribution in [3.05, 3.63) is 22.7 Å². The normalized spacial score (nSPS) is 21.4. The van der Waals surface area contributed by atoms with Gasteiger partial charge in [-0.3, -0.25) is 4.98 Å². The van der Waals surface area contributed by atoms with Crippen LogP contribution in [0.25, 0.3) is 11.1 Å². The fourth-order valence-corrected chi connectivity index (χ4v) is 4.12. The minimum absolute atomic E-state index is 0.426. The van der Waals surface area contributed by atoms with Crippen LogP contribution in [0.4, 0.5) is 11.4 Å². The molecule has 3 N–H and O–H groups in total. The molecule has 21 heavy (non-hydrogen) atoms. The average Bonchev–Trinajstić information content (AvgIpc) is 3.05. The molecular weight excluding hydrogens is 266 g/mol. The number of nitrogens with zero attached hydrogens (tertiary/aromatic N) is 1. The number of nitrogen functional groups attached to an aromatic ring is 1. The second kappa shape index (κ2) is 4.55. The number of anilines is 2. The molecule has 0 unspecified atom stereocenters. The Hall–Kier alpha value is -1.91. The third-order valence-electron chi connectivity index (χ3n) is 5.40. The van der Waals surface area contributed by atoms with E-state index in [0.717, 1.165) is 24.3 Å². The summed E-state index contributed by atoms with van der Waals surface area (Å²) in [6.07, 6.45) is 8.09. The Morgan fingerprint density at radius 3 is 2.57 bits per heavy atom. The van der Waals surface area contributed by atoms with Crippen LogP contribution in [-0.2, 0) is 0 Å². The topological polar surface area (TPSA) is 75.3 Å². The molecule has 0 radical (unpaired) electrons. The number of nitrogens with two attached hydrogens (primary N) is 1. The van der Waals surface area contributed by atoms with Crippen molar-refractivity contribution in [2.45, 2.75) is 38.5 Å². The first-order valence-electron chi connectivity index (χ1n) is 7.83. The molecule has 2 heterocycles. The lowest BCUT2D eigenvalue weighted by atomic mass is 9.77. The van der Waals surface area contributed by atoms with E-state index in [1.807, 2.05) is 6.07 Å². The quantitative estimate of drug-likeness (QED) is 0.791. The number of fused-ring (bicyclic) bond motifs is 1. The first kappa shape index (κ1) is 12.8. The first-order valence-corrected chi connectivity index (χ1v) is 7.83. The first-order chi connectivity index (χ1) is 10.2. The number of piperidine rings is 1. The second-order valence-electron chi connectivity index (χ2n) is 6.62. The zero-order valence-electron chi connectivity index (χ0n) is 12.2. The molecule has 5 heteroatoms. The van der Waals surface area contributed by atoms with Crippen LogP contribution in [0.1, 0.15) is 38.5 Å². The number of oxazole rings is 1. The Labute approximate surface area is 123 Å². The van der Waals surface area contributed by atoms with Gasteiger partial charge in [0.1, 0.15) is 0 Å². The maximum Gasteiger partial charge on any atom is 0.417 e. The number of aromatic nitrogens is 1. The molecule has 5 nitrogen and oxygen atoms in total. The van der Waals surface area contributed by atoms with Crippen LogP contribution in [0.15, 0.2) is 21.3 Å². The van der Waals surface area contributed by atoms with Crippen LogP contribution >= 0.6 is 0 Å². The van der Waals surface area contributed by atoms with E-state index in [2.05, 4.69) is 9.88 Å². The van der Waals surface area contributed by atoms with Crippen molar-refractivity contribution in [1.82, 2.24) is 4.98 Å². The van der Waals surface area contributed by atoms with Gasteiger partial charge < -0.3 is 15.1 Å². The summed E-state index contributed by atoms with van der Waals surface area (Å²) in [5, 5.41) is 0. The highest BCUT2D eigenvalue weighted by Crippen LogP contribution is 2.47. The van der Waals surface area contributed by atoms with E-state index < -0.39 is 5.76 Å². The number of hydrogen-bond donors (Lipinski definition) is 2. The average molecular weight is 287 g/mol. The molecule has 1 aromatic heterocycles. The van der Waals surface area contributed by atoms with Crippen molar-refractivity contribution in [1.29, 1.82) is 0 Å². The van der Waals surface area contributed by atoms with Crippen LogP contribution in [0, 0.1) is 5.41 Å². The minimum atomic E-state index is -0.426. The van der Waals surface area contributed by atoms with Crippen molar-refractivity contribution in [2.24, 2.45) is 5.41 Å². The van der Waals surface area contributed by atoms with Gasteiger partial charge in [0.15, 0.2) is 5.58 Å². The van der Waals surface area contributed by atoms with E-state index in [1.54, 1.807) is 6.07 Å². The van der Waals surface area contributed by atoms with Crippen molar-refractivity contribution < 1.29 is 4.42 Å². The molecule has 2 aromatic rings. The Kier molecular flexibility index (Phi) is 2.77. The van der Waals surface area contributed by atoms with Gasteiger partial charge in [-0.15, -0.1) is 0 Å². The highest BCUT2D eigenvalue weighted by Gasteiger charge is 2.37. The van der Waals surface area contributed by atoms with Crippen LogP contribution in [0.3, 0.4) is 0 Å². The SMILES string of the molecule is Nc1cc2oc(=O)[nH]c2cc1N1CCC2(CCCC2)CC1. The zero-order valence-corrected chi connectivity index (χ0v) is 12.2. The summed E-state index contributed by atoms with van der Waals surface area (Å²) >= 11 is 0. The molecule has 1 spiro atoms. The van der Waals surface area contributed by atoms with Crippen LogP contribution in [0.5, 0.6) is 0 Å². The Bertz CT molecular complexity index is 715. The Morgan fingerprint density at radius 2 is 1.86 bits per heavy atom. The lowest BCUT2D eigenvalue weighted by Crippen LogP contribution is -2.39. The molecule has 2 fully saturated rings. The van der Waals surface area contributed by atoms with E-state index >= 15 is 0 Å². The van der Waals surface area contributed by atoms with Crippen LogP contribution in [-0.4, -0.2) is 18.1 Å². The standard InChI is InChI=1S/C16H21N3O2/c17-11-9-14-12(18-15(20)21-14)10-13(11)19-7-5-16(6-8-19)3-1-2-4-16/h9-10H,1-8,17H2,(H,18,20). The molecule has 1 saturated heterocycles. The zero-order chi connectivity index (χ0) is 14.4. The number of H-pyrrole nitrogens is 1. The monoisotopic (exact) mass is 287 g/mol. The molecule has 1 aliphatic heterocycles. The maximum atomic E-state index is 11.3. The molecule has 0 atom stereocenters. The minimum Gasteiger partial charge on any atom is -0.408 e. The molecule has 0 bridgehead atoms. The van der Waals surface area contributed by atoms with Crippen molar-refractivity contribution in [2.75, 3.05) is 23.7 Å². The number of rotatable bonds is 1. The third kappa shape index (κ3) is 2.11. The molecule has 2 aliphatic rings. The van der Waals surface area contributed by atoms with Gasteiger partial charge in [-0.05, 0) is 37.2 Å². The van der Waals surface area contributed by atoms with E-state index in [0.29, 0.717) is 16.7 Å². The van der Waals surface area contributed by atoms with Gasteiger partial charge in [0.2, 0.25) is 0 Å². The summed E-state index contributed by atoms with van der Waals surface area (Å²) in [6.45, 7) is 2.11. The molecule has 4 rings (SSSR count). The van der Waals surface area contributed by atoms with Crippen LogP contribution < -0.4 is 16.4 Å². The second-order valence-corrected chi connectivity index (χ2v) is 6.62. The van der Waals surface area contributed by atoms with E-state index in [1.165, 1.54) is 38.5 Å². The van der Waals surface area contributed by atoms with E-state index in [9.17, 15) is 4.79 Å². The predicted octanol–water partition coefficient (Wildman–Crippen LogP) is 2.86. The van der Waals surface area contributed by atoms with Gasteiger partial charge >= 0.3 is 5.76 Å². The molecule has 1 saturated carbocycles. The number of aromatic amines is 1. The van der Waals surface area contributed by atoms with Gasteiger partial charge in [0.25, 0.3) is 0 Å². The summed E-state index contributed by atoms with van der Waals surface area (Å²) in [7, 11) is 0. The van der Waals surface area contributed by atoms with Crippen molar-refractivity contribution in [3.63, 3.8) is 0 Å². The predicted molar refractivity (Wildman–Crippen MR) is 83.6 cm³/mol. The smallest absolute Gasteiger partial charge is 0.408 e. The number of hydrogen-bond acceptors (Lipinski definition) is 4. The third-order valence-corrected chi connectivity index (χ3v) is 5.40. The number of benzene rings is 1. The van der Waals surface area contributed by atoms with Gasteiger partial charge in [-0.2, -0.15) is 0 Å². The van der Waals surface area contributed by atoms with Gasteiger partial charge in [0, 0.05) is 19.2 Å². The van der Waals surface area contributed by atoms with E-state index in [-0.39, 0.29) is 0 Å². The Balaban J connectivity index is 1.61. The largest absolute Gasteiger partial charge is 0.417 e.